The minimum absolute atomic E-state index is 0.591. The fourth-order valence-electron chi connectivity index (χ4n) is 1.01. The largest absolute Gasteiger partial charge is 0.386 e. The lowest BCUT2D eigenvalue weighted by atomic mass is 10.0. The molecule has 0 radical (unpaired) electrons. The van der Waals surface area contributed by atoms with Gasteiger partial charge in [-0.2, -0.15) is 0 Å². The highest BCUT2D eigenvalue weighted by Gasteiger charge is 2.21. The summed E-state index contributed by atoms with van der Waals surface area (Å²) < 4.78 is 0. The highest BCUT2D eigenvalue weighted by Crippen LogP contribution is 2.14. The number of hydrogen-bond acceptors (Lipinski definition) is 3. The number of benzene rings is 1. The van der Waals surface area contributed by atoms with Crippen molar-refractivity contribution in [3.05, 3.63) is 35.9 Å². The highest BCUT2D eigenvalue weighted by molar-refractivity contribution is 5.80. The number of aliphatic hydroxyl groups is 1. The Morgan fingerprint density at radius 2 is 1.85 bits per heavy atom. The average molecular weight is 180 g/mol. The lowest BCUT2D eigenvalue weighted by Gasteiger charge is -2.15. The molecule has 70 valence electrons. The van der Waals surface area contributed by atoms with Crippen LogP contribution in [-0.4, -0.2) is 17.1 Å². The topological polar surface area (TPSA) is 89.3 Å². The standard InChI is InChI=1S/C9H12N2O2/c10-7(9(11)13)8(12)6-4-2-1-3-5-6/h1-5,7-8,12H,10H2,(H2,11,13). The maximum absolute atomic E-state index is 10.7. The molecule has 2 atom stereocenters. The van der Waals surface area contributed by atoms with E-state index in [1.54, 1.807) is 24.3 Å². The number of carbonyl (C=O) groups is 1. The summed E-state index contributed by atoms with van der Waals surface area (Å²) in [5.41, 5.74) is 10.9. The number of primary amides is 1. The second-order valence-electron chi connectivity index (χ2n) is 2.78. The first-order valence-corrected chi connectivity index (χ1v) is 3.91. The summed E-state index contributed by atoms with van der Waals surface area (Å²) in [4.78, 5) is 10.7. The first-order valence-electron chi connectivity index (χ1n) is 3.91. The second-order valence-corrected chi connectivity index (χ2v) is 2.78. The first kappa shape index (κ1) is 9.70. The van der Waals surface area contributed by atoms with Gasteiger partial charge in [0.25, 0.3) is 0 Å². The van der Waals surface area contributed by atoms with E-state index >= 15 is 0 Å². The van der Waals surface area contributed by atoms with Gasteiger partial charge in [0.2, 0.25) is 5.91 Å². The van der Waals surface area contributed by atoms with Gasteiger partial charge < -0.3 is 16.6 Å². The molecule has 4 heteroatoms. The molecule has 0 saturated heterocycles. The van der Waals surface area contributed by atoms with E-state index in [1.165, 1.54) is 0 Å². The number of hydrogen-bond donors (Lipinski definition) is 3. The van der Waals surface area contributed by atoms with E-state index < -0.39 is 18.1 Å². The van der Waals surface area contributed by atoms with Crippen LogP contribution in [0.4, 0.5) is 0 Å². The van der Waals surface area contributed by atoms with Crippen molar-refractivity contribution < 1.29 is 9.90 Å². The molecule has 0 aliphatic carbocycles. The van der Waals surface area contributed by atoms with Crippen LogP contribution in [-0.2, 0) is 4.79 Å². The minimum Gasteiger partial charge on any atom is -0.386 e. The third-order valence-corrected chi connectivity index (χ3v) is 1.81. The molecule has 0 fully saturated rings. The van der Waals surface area contributed by atoms with Gasteiger partial charge in [0.05, 0.1) is 0 Å². The molecule has 0 saturated carbocycles. The predicted molar refractivity (Wildman–Crippen MR) is 48.6 cm³/mol. The number of amides is 1. The molecule has 0 aliphatic heterocycles. The van der Waals surface area contributed by atoms with Crippen molar-refractivity contribution in [2.75, 3.05) is 0 Å². The SMILES string of the molecule is NC(=O)C(N)C(O)c1ccccc1. The Labute approximate surface area is 76.2 Å². The smallest absolute Gasteiger partial charge is 0.237 e. The Hall–Kier alpha value is -1.39. The molecule has 0 spiro atoms. The van der Waals surface area contributed by atoms with Gasteiger partial charge in [-0.15, -0.1) is 0 Å². The maximum atomic E-state index is 10.7. The minimum atomic E-state index is -1.05. The molecule has 2 unspecified atom stereocenters. The molecule has 5 N–H and O–H groups in total. The van der Waals surface area contributed by atoms with E-state index in [-0.39, 0.29) is 0 Å². The molecule has 4 nitrogen and oxygen atoms in total. The van der Waals surface area contributed by atoms with Crippen LogP contribution in [0.1, 0.15) is 11.7 Å². The van der Waals surface area contributed by atoms with Crippen molar-refractivity contribution in [3.63, 3.8) is 0 Å². The third-order valence-electron chi connectivity index (χ3n) is 1.81. The van der Waals surface area contributed by atoms with Gasteiger partial charge in [0, 0.05) is 0 Å². The molecule has 0 heterocycles. The Morgan fingerprint density at radius 1 is 1.31 bits per heavy atom. The van der Waals surface area contributed by atoms with E-state index in [0.29, 0.717) is 5.56 Å². The molecular formula is C9H12N2O2. The van der Waals surface area contributed by atoms with Gasteiger partial charge in [0.15, 0.2) is 0 Å². The lowest BCUT2D eigenvalue weighted by molar-refractivity contribution is -0.121. The predicted octanol–water partition coefficient (Wildman–Crippen LogP) is -0.467. The number of carbonyl (C=O) groups excluding carboxylic acids is 1. The van der Waals surface area contributed by atoms with Crippen molar-refractivity contribution >= 4 is 5.91 Å². The Balaban J connectivity index is 2.79. The second kappa shape index (κ2) is 4.02. The summed E-state index contributed by atoms with van der Waals surface area (Å²) in [5, 5.41) is 9.53. The molecule has 13 heavy (non-hydrogen) atoms. The molecule has 1 rings (SSSR count). The summed E-state index contributed by atoms with van der Waals surface area (Å²) in [6, 6.07) is 7.65. The molecule has 1 amide bonds. The molecule has 0 aromatic heterocycles. The zero-order chi connectivity index (χ0) is 9.84. The fraction of sp³-hybridized carbons (Fsp3) is 0.222. The Kier molecular flexibility index (Phi) is 3.00. The molecule has 1 aromatic rings. The van der Waals surface area contributed by atoms with Crippen LogP contribution < -0.4 is 11.5 Å². The summed E-state index contributed by atoms with van der Waals surface area (Å²) in [5.74, 6) is -0.712. The van der Waals surface area contributed by atoms with Crippen LogP contribution >= 0.6 is 0 Å². The van der Waals surface area contributed by atoms with Gasteiger partial charge in [-0.25, -0.2) is 0 Å². The Morgan fingerprint density at radius 3 is 2.31 bits per heavy atom. The maximum Gasteiger partial charge on any atom is 0.237 e. The average Bonchev–Trinajstić information content (AvgIpc) is 2.17. The van der Waals surface area contributed by atoms with Crippen LogP contribution in [0.25, 0.3) is 0 Å². The summed E-state index contributed by atoms with van der Waals surface area (Å²) in [6.45, 7) is 0. The normalized spacial score (nSPS) is 14.9. The highest BCUT2D eigenvalue weighted by atomic mass is 16.3. The van der Waals surface area contributed by atoms with Crippen LogP contribution in [0.2, 0.25) is 0 Å². The van der Waals surface area contributed by atoms with Crippen molar-refractivity contribution in [2.45, 2.75) is 12.1 Å². The monoisotopic (exact) mass is 180 g/mol. The summed E-state index contributed by atoms with van der Waals surface area (Å²) in [6.07, 6.45) is -1.03. The fourth-order valence-corrected chi connectivity index (χ4v) is 1.01. The van der Waals surface area contributed by atoms with E-state index in [2.05, 4.69) is 0 Å². The van der Waals surface area contributed by atoms with E-state index in [0.717, 1.165) is 0 Å². The van der Waals surface area contributed by atoms with Gasteiger partial charge in [0.1, 0.15) is 12.1 Å². The Bertz CT molecular complexity index is 287. The van der Waals surface area contributed by atoms with Gasteiger partial charge in [-0.3, -0.25) is 4.79 Å². The van der Waals surface area contributed by atoms with E-state index in [1.807, 2.05) is 6.07 Å². The van der Waals surface area contributed by atoms with Crippen molar-refractivity contribution in [1.29, 1.82) is 0 Å². The zero-order valence-corrected chi connectivity index (χ0v) is 7.05. The molecule has 0 bridgehead atoms. The van der Waals surface area contributed by atoms with Crippen LogP contribution in [0, 0.1) is 0 Å². The van der Waals surface area contributed by atoms with Crippen molar-refractivity contribution in [2.24, 2.45) is 11.5 Å². The first-order chi connectivity index (χ1) is 6.13. The van der Waals surface area contributed by atoms with Crippen LogP contribution in [0.3, 0.4) is 0 Å². The molecule has 1 aromatic carbocycles. The van der Waals surface area contributed by atoms with E-state index in [9.17, 15) is 9.90 Å². The third kappa shape index (κ3) is 2.27. The van der Waals surface area contributed by atoms with E-state index in [4.69, 9.17) is 11.5 Å². The van der Waals surface area contributed by atoms with Crippen molar-refractivity contribution in [1.82, 2.24) is 0 Å². The van der Waals surface area contributed by atoms with Crippen LogP contribution in [0.5, 0.6) is 0 Å². The number of nitrogens with two attached hydrogens (primary N) is 2. The van der Waals surface area contributed by atoms with Gasteiger partial charge in [-0.05, 0) is 5.56 Å². The van der Waals surface area contributed by atoms with Crippen molar-refractivity contribution in [3.8, 4) is 0 Å². The summed E-state index contributed by atoms with van der Waals surface area (Å²) in [7, 11) is 0. The van der Waals surface area contributed by atoms with Crippen LogP contribution in [0.15, 0.2) is 30.3 Å². The van der Waals surface area contributed by atoms with Gasteiger partial charge in [-0.1, -0.05) is 30.3 Å². The quantitative estimate of drug-likeness (QED) is 0.587. The zero-order valence-electron chi connectivity index (χ0n) is 7.05. The number of rotatable bonds is 3. The lowest BCUT2D eigenvalue weighted by Crippen LogP contribution is -2.41. The molecular weight excluding hydrogens is 168 g/mol. The number of aliphatic hydroxyl groups excluding tert-OH is 1. The summed E-state index contributed by atoms with van der Waals surface area (Å²) >= 11 is 0. The van der Waals surface area contributed by atoms with Gasteiger partial charge >= 0.3 is 0 Å². The molecule has 0 aliphatic rings.